The predicted octanol–water partition coefficient (Wildman–Crippen LogP) is 3.34. The van der Waals surface area contributed by atoms with Gasteiger partial charge >= 0.3 is 0 Å². The van der Waals surface area contributed by atoms with Gasteiger partial charge in [-0.2, -0.15) is 0 Å². The smallest absolute Gasteiger partial charge is 0.191 e. The van der Waals surface area contributed by atoms with Gasteiger partial charge in [0, 0.05) is 32.1 Å². The maximum atomic E-state index is 6.17. The summed E-state index contributed by atoms with van der Waals surface area (Å²) in [6.45, 7) is 7.01. The number of hydrogen-bond donors (Lipinski definition) is 2. The van der Waals surface area contributed by atoms with Gasteiger partial charge < -0.3 is 20.1 Å². The van der Waals surface area contributed by atoms with Gasteiger partial charge in [0.05, 0.1) is 13.2 Å². The Kier molecular flexibility index (Phi) is 6.71. The molecule has 27 heavy (non-hydrogen) atoms. The highest BCUT2D eigenvalue weighted by molar-refractivity contribution is 5.79. The van der Waals surface area contributed by atoms with E-state index in [9.17, 15) is 0 Å². The molecule has 0 bridgehead atoms. The van der Waals surface area contributed by atoms with E-state index >= 15 is 0 Å². The Hall–Kier alpha value is -2.53. The van der Waals surface area contributed by atoms with Crippen LogP contribution < -0.4 is 15.4 Å². The lowest BCUT2D eigenvalue weighted by molar-refractivity contribution is 0.140. The van der Waals surface area contributed by atoms with Crippen LogP contribution in [0, 0.1) is 13.8 Å². The summed E-state index contributed by atoms with van der Waals surface area (Å²) in [5, 5.41) is 6.75. The van der Waals surface area contributed by atoms with E-state index < -0.39 is 0 Å². The molecule has 1 aliphatic rings. The summed E-state index contributed by atoms with van der Waals surface area (Å²) < 4.78 is 11.6. The Bertz CT molecular complexity index is 783. The van der Waals surface area contributed by atoms with Crippen molar-refractivity contribution < 1.29 is 9.47 Å². The summed E-state index contributed by atoms with van der Waals surface area (Å²) in [5.74, 6) is 1.69. The summed E-state index contributed by atoms with van der Waals surface area (Å²) in [4.78, 5) is 4.32. The molecule has 1 aliphatic heterocycles. The largest absolute Gasteiger partial charge is 0.488 e. The van der Waals surface area contributed by atoms with Gasteiger partial charge in [-0.3, -0.25) is 4.99 Å². The SMILES string of the molecule is CN=C(NCc1cccc(C)c1)NCc1ccc(C)cc1OC1CCOC1. The topological polar surface area (TPSA) is 54.9 Å². The first-order chi connectivity index (χ1) is 13.1. The zero-order chi connectivity index (χ0) is 19.1. The molecule has 1 atom stereocenters. The van der Waals surface area contributed by atoms with Gasteiger partial charge in [0.25, 0.3) is 0 Å². The van der Waals surface area contributed by atoms with Gasteiger partial charge in [0.2, 0.25) is 0 Å². The number of hydrogen-bond acceptors (Lipinski definition) is 3. The minimum Gasteiger partial charge on any atom is -0.488 e. The van der Waals surface area contributed by atoms with E-state index in [1.54, 1.807) is 7.05 Å². The van der Waals surface area contributed by atoms with Gasteiger partial charge in [-0.1, -0.05) is 42.0 Å². The number of aryl methyl sites for hydroxylation is 2. The van der Waals surface area contributed by atoms with Crippen molar-refractivity contribution in [1.82, 2.24) is 10.6 Å². The van der Waals surface area contributed by atoms with Crippen LogP contribution in [0.15, 0.2) is 47.5 Å². The molecular formula is C22H29N3O2. The minimum atomic E-state index is 0.143. The molecule has 5 nitrogen and oxygen atoms in total. The quantitative estimate of drug-likeness (QED) is 0.607. The summed E-state index contributed by atoms with van der Waals surface area (Å²) >= 11 is 0. The lowest BCUT2D eigenvalue weighted by Gasteiger charge is -2.18. The third kappa shape index (κ3) is 5.73. The third-order valence-electron chi connectivity index (χ3n) is 4.62. The molecule has 1 heterocycles. The van der Waals surface area contributed by atoms with Crippen molar-refractivity contribution in [3.63, 3.8) is 0 Å². The third-order valence-corrected chi connectivity index (χ3v) is 4.62. The van der Waals surface area contributed by atoms with Crippen LogP contribution in [0.1, 0.15) is 28.7 Å². The van der Waals surface area contributed by atoms with E-state index in [1.807, 2.05) is 0 Å². The summed E-state index contributed by atoms with van der Waals surface area (Å²) in [7, 11) is 1.79. The van der Waals surface area contributed by atoms with E-state index in [-0.39, 0.29) is 6.10 Å². The molecular weight excluding hydrogens is 338 g/mol. The molecule has 2 N–H and O–H groups in total. The standard InChI is InChI=1S/C22H29N3O2/c1-16-5-4-6-18(11-16)13-24-22(23-3)25-14-19-8-7-17(2)12-21(19)27-20-9-10-26-15-20/h4-8,11-12,20H,9-10,13-15H2,1-3H3,(H2,23,24,25). The lowest BCUT2D eigenvalue weighted by atomic mass is 10.1. The maximum absolute atomic E-state index is 6.17. The molecule has 0 aliphatic carbocycles. The number of aliphatic imine (C=N–C) groups is 1. The number of nitrogens with zero attached hydrogens (tertiary/aromatic N) is 1. The molecule has 5 heteroatoms. The molecule has 0 saturated carbocycles. The van der Waals surface area contributed by atoms with Crippen LogP contribution in [-0.2, 0) is 17.8 Å². The predicted molar refractivity (Wildman–Crippen MR) is 109 cm³/mol. The van der Waals surface area contributed by atoms with Gasteiger partial charge in [-0.25, -0.2) is 0 Å². The number of ether oxygens (including phenoxy) is 2. The zero-order valence-corrected chi connectivity index (χ0v) is 16.4. The van der Waals surface area contributed by atoms with E-state index in [0.29, 0.717) is 13.2 Å². The monoisotopic (exact) mass is 367 g/mol. The number of rotatable bonds is 6. The van der Waals surface area contributed by atoms with Crippen LogP contribution in [0.2, 0.25) is 0 Å². The molecule has 144 valence electrons. The fraction of sp³-hybridized carbons (Fsp3) is 0.409. The number of guanidine groups is 1. The second-order valence-corrected chi connectivity index (χ2v) is 6.98. The normalized spacial score (nSPS) is 17.0. The van der Waals surface area contributed by atoms with Crippen LogP contribution in [0.5, 0.6) is 5.75 Å². The lowest BCUT2D eigenvalue weighted by Crippen LogP contribution is -2.36. The Morgan fingerprint density at radius 1 is 1.11 bits per heavy atom. The fourth-order valence-electron chi connectivity index (χ4n) is 3.11. The van der Waals surface area contributed by atoms with E-state index in [2.05, 4.69) is 71.9 Å². The Balaban J connectivity index is 1.59. The van der Waals surface area contributed by atoms with Gasteiger partial charge in [-0.05, 0) is 31.0 Å². The summed E-state index contributed by atoms with van der Waals surface area (Å²) in [6.07, 6.45) is 1.09. The molecule has 0 aromatic heterocycles. The molecule has 2 aromatic rings. The molecule has 1 unspecified atom stereocenters. The van der Waals surface area contributed by atoms with Gasteiger partial charge in [0.15, 0.2) is 5.96 Å². The first kappa shape index (κ1) is 19.2. The van der Waals surface area contributed by atoms with Gasteiger partial charge in [0.1, 0.15) is 11.9 Å². The molecule has 1 fully saturated rings. The van der Waals surface area contributed by atoms with Crippen LogP contribution in [0.3, 0.4) is 0 Å². The van der Waals surface area contributed by atoms with Crippen LogP contribution >= 0.6 is 0 Å². The molecule has 0 amide bonds. The van der Waals surface area contributed by atoms with E-state index in [4.69, 9.17) is 9.47 Å². The van der Waals surface area contributed by atoms with E-state index in [1.165, 1.54) is 16.7 Å². The van der Waals surface area contributed by atoms with Crippen LogP contribution in [-0.4, -0.2) is 32.3 Å². The summed E-state index contributed by atoms with van der Waals surface area (Å²) in [6, 6.07) is 14.8. The van der Waals surface area contributed by atoms with Crippen LogP contribution in [0.25, 0.3) is 0 Å². The minimum absolute atomic E-state index is 0.143. The Labute approximate surface area is 161 Å². The van der Waals surface area contributed by atoms with Crippen molar-refractivity contribution in [2.24, 2.45) is 4.99 Å². The van der Waals surface area contributed by atoms with Crippen LogP contribution in [0.4, 0.5) is 0 Å². The summed E-state index contributed by atoms with van der Waals surface area (Å²) in [5.41, 5.74) is 4.80. The molecule has 0 spiro atoms. The second-order valence-electron chi connectivity index (χ2n) is 6.98. The van der Waals surface area contributed by atoms with E-state index in [0.717, 1.165) is 36.8 Å². The average Bonchev–Trinajstić information content (AvgIpc) is 3.16. The fourth-order valence-corrected chi connectivity index (χ4v) is 3.11. The maximum Gasteiger partial charge on any atom is 0.191 e. The number of nitrogens with one attached hydrogen (secondary N) is 2. The van der Waals surface area contributed by atoms with Crippen molar-refractivity contribution >= 4 is 5.96 Å². The Morgan fingerprint density at radius 2 is 1.93 bits per heavy atom. The van der Waals surface area contributed by atoms with Gasteiger partial charge in [-0.15, -0.1) is 0 Å². The highest BCUT2D eigenvalue weighted by atomic mass is 16.5. The van der Waals surface area contributed by atoms with Crippen molar-refractivity contribution in [3.8, 4) is 5.75 Å². The highest BCUT2D eigenvalue weighted by Gasteiger charge is 2.18. The van der Waals surface area contributed by atoms with Crippen molar-refractivity contribution in [1.29, 1.82) is 0 Å². The van der Waals surface area contributed by atoms with Crippen molar-refractivity contribution in [3.05, 3.63) is 64.7 Å². The highest BCUT2D eigenvalue weighted by Crippen LogP contribution is 2.23. The first-order valence-electron chi connectivity index (χ1n) is 9.48. The molecule has 3 rings (SSSR count). The van der Waals surface area contributed by atoms with Crippen molar-refractivity contribution in [2.75, 3.05) is 20.3 Å². The molecule has 1 saturated heterocycles. The Morgan fingerprint density at radius 3 is 2.67 bits per heavy atom. The molecule has 2 aromatic carbocycles. The first-order valence-corrected chi connectivity index (χ1v) is 9.48. The molecule has 0 radical (unpaired) electrons. The second kappa shape index (κ2) is 9.42. The van der Waals surface area contributed by atoms with Crippen molar-refractivity contribution in [2.45, 2.75) is 39.5 Å². The zero-order valence-electron chi connectivity index (χ0n) is 16.4. The average molecular weight is 367 g/mol. The number of benzene rings is 2.